The van der Waals surface area contributed by atoms with E-state index in [-0.39, 0.29) is 6.04 Å². The molecule has 0 saturated heterocycles. The summed E-state index contributed by atoms with van der Waals surface area (Å²) in [5.74, 6) is 0. The highest BCUT2D eigenvalue weighted by molar-refractivity contribution is 5.58. The summed E-state index contributed by atoms with van der Waals surface area (Å²) < 4.78 is 0. The molecule has 1 atom stereocenters. The van der Waals surface area contributed by atoms with Gasteiger partial charge < -0.3 is 5.32 Å². The molecule has 1 radical (unpaired) electrons. The third-order valence-corrected chi connectivity index (χ3v) is 2.09. The number of nitrogens with one attached hydrogen (secondary N) is 1. The van der Waals surface area contributed by atoms with Gasteiger partial charge in [0, 0.05) is 0 Å². The van der Waals surface area contributed by atoms with Crippen LogP contribution in [0.5, 0.6) is 0 Å². The van der Waals surface area contributed by atoms with Crippen molar-refractivity contribution in [2.24, 2.45) is 0 Å². The van der Waals surface area contributed by atoms with Crippen LogP contribution in [-0.4, -0.2) is 19.4 Å². The lowest BCUT2D eigenvalue weighted by atomic mass is 10.1. The highest BCUT2D eigenvalue weighted by Crippen LogP contribution is 2.05. The Bertz CT molecular complexity index is 104. The fourth-order valence-corrected chi connectivity index (χ4v) is 1.21. The van der Waals surface area contributed by atoms with E-state index in [0.717, 1.165) is 12.8 Å². The van der Waals surface area contributed by atoms with Gasteiger partial charge in [-0.1, -0.05) is 39.0 Å². The lowest BCUT2D eigenvalue weighted by molar-refractivity contribution is 0.501. The van der Waals surface area contributed by atoms with Crippen LogP contribution in [0.15, 0.2) is 0 Å². The van der Waals surface area contributed by atoms with Crippen LogP contribution in [-0.2, 0) is 4.79 Å². The second kappa shape index (κ2) is 8.72. The Kier molecular flexibility index (Phi) is 8.46. The van der Waals surface area contributed by atoms with Crippen molar-refractivity contribution in [3.63, 3.8) is 0 Å². The summed E-state index contributed by atoms with van der Waals surface area (Å²) >= 11 is 0. The Morgan fingerprint density at radius 2 is 1.92 bits per heavy atom. The molecule has 0 heterocycles. The monoisotopic (exact) mass is 170 g/mol. The van der Waals surface area contributed by atoms with Crippen LogP contribution < -0.4 is 5.32 Å². The van der Waals surface area contributed by atoms with E-state index in [9.17, 15) is 4.79 Å². The second-order valence-electron chi connectivity index (χ2n) is 3.16. The molecule has 12 heavy (non-hydrogen) atoms. The smallest absolute Gasteiger partial charge is 0.216 e. The Morgan fingerprint density at radius 1 is 1.25 bits per heavy atom. The number of hydrogen-bond donors (Lipinski definition) is 1. The van der Waals surface area contributed by atoms with E-state index in [4.69, 9.17) is 0 Å². The average molecular weight is 170 g/mol. The normalized spacial score (nSPS) is 12.8. The Hall–Kier alpha value is -0.370. The molecule has 0 bridgehead atoms. The number of hydrogen-bond acceptors (Lipinski definition) is 2. The minimum atomic E-state index is -0.0494. The van der Waals surface area contributed by atoms with Gasteiger partial charge in [-0.15, -0.1) is 0 Å². The molecule has 0 aliphatic heterocycles. The van der Waals surface area contributed by atoms with E-state index >= 15 is 0 Å². The van der Waals surface area contributed by atoms with Gasteiger partial charge in [0.25, 0.3) is 0 Å². The average Bonchev–Trinajstić information content (AvgIpc) is 2.11. The first-order chi connectivity index (χ1) is 5.85. The Morgan fingerprint density at radius 3 is 2.42 bits per heavy atom. The van der Waals surface area contributed by atoms with Gasteiger partial charge in [-0.25, -0.2) is 0 Å². The molecular weight excluding hydrogens is 150 g/mol. The van der Waals surface area contributed by atoms with Crippen molar-refractivity contribution >= 4 is 6.29 Å². The number of likely N-dealkylation sites (N-methyl/N-ethyl adjacent to an activating group) is 1. The first-order valence-corrected chi connectivity index (χ1v) is 4.90. The molecule has 0 fully saturated rings. The van der Waals surface area contributed by atoms with Crippen LogP contribution in [0, 0.1) is 0 Å². The molecule has 0 amide bonds. The molecule has 0 aromatic rings. The fraction of sp³-hybridized carbons (Fsp3) is 0.900. The maximum atomic E-state index is 10.3. The van der Waals surface area contributed by atoms with Gasteiger partial charge >= 0.3 is 0 Å². The van der Waals surface area contributed by atoms with Crippen molar-refractivity contribution in [3.8, 4) is 0 Å². The molecule has 1 unspecified atom stereocenters. The molecule has 0 aromatic carbocycles. The van der Waals surface area contributed by atoms with Crippen molar-refractivity contribution in [2.45, 2.75) is 51.5 Å². The lowest BCUT2D eigenvalue weighted by Crippen LogP contribution is -2.26. The van der Waals surface area contributed by atoms with Gasteiger partial charge in [-0.05, 0) is 13.5 Å². The Labute approximate surface area is 75.7 Å². The Balaban J connectivity index is 3.12. The van der Waals surface area contributed by atoms with E-state index in [0.29, 0.717) is 0 Å². The lowest BCUT2D eigenvalue weighted by Gasteiger charge is -2.06. The maximum absolute atomic E-state index is 10.3. The summed E-state index contributed by atoms with van der Waals surface area (Å²) in [6.07, 6.45) is 9.18. The summed E-state index contributed by atoms with van der Waals surface area (Å²) in [7, 11) is 1.81. The zero-order valence-corrected chi connectivity index (χ0v) is 8.23. The van der Waals surface area contributed by atoms with Gasteiger partial charge in [0.15, 0.2) is 0 Å². The molecular formula is C10H20NO. The molecule has 2 heteroatoms. The zero-order chi connectivity index (χ0) is 9.23. The van der Waals surface area contributed by atoms with Crippen LogP contribution in [0.3, 0.4) is 0 Å². The molecule has 0 aliphatic rings. The van der Waals surface area contributed by atoms with Crippen molar-refractivity contribution < 1.29 is 4.79 Å². The molecule has 0 saturated carbocycles. The van der Waals surface area contributed by atoms with E-state index in [2.05, 4.69) is 12.2 Å². The summed E-state index contributed by atoms with van der Waals surface area (Å²) in [6, 6.07) is -0.0494. The molecule has 71 valence electrons. The third kappa shape index (κ3) is 6.35. The quantitative estimate of drug-likeness (QED) is 0.565. The van der Waals surface area contributed by atoms with Crippen LogP contribution in [0.4, 0.5) is 0 Å². The third-order valence-electron chi connectivity index (χ3n) is 2.09. The fourth-order valence-electron chi connectivity index (χ4n) is 1.21. The molecule has 0 aliphatic carbocycles. The molecule has 2 nitrogen and oxygen atoms in total. The van der Waals surface area contributed by atoms with Gasteiger partial charge in [-0.3, -0.25) is 4.79 Å². The number of rotatable bonds is 8. The highest BCUT2D eigenvalue weighted by Gasteiger charge is 2.02. The van der Waals surface area contributed by atoms with Crippen LogP contribution in [0.25, 0.3) is 0 Å². The van der Waals surface area contributed by atoms with Crippen molar-refractivity contribution in [2.75, 3.05) is 7.05 Å². The van der Waals surface area contributed by atoms with Gasteiger partial charge in [0.1, 0.15) is 0 Å². The van der Waals surface area contributed by atoms with Crippen LogP contribution >= 0.6 is 0 Å². The summed E-state index contributed by atoms with van der Waals surface area (Å²) in [6.45, 7) is 2.20. The second-order valence-corrected chi connectivity index (χ2v) is 3.16. The van der Waals surface area contributed by atoms with E-state index in [1.165, 1.54) is 25.7 Å². The topological polar surface area (TPSA) is 29.1 Å². The predicted octanol–water partition coefficient (Wildman–Crippen LogP) is 2.04. The SMILES string of the molecule is CCCCCCCC([C]=O)NC. The zero-order valence-electron chi connectivity index (χ0n) is 8.23. The van der Waals surface area contributed by atoms with E-state index < -0.39 is 0 Å². The van der Waals surface area contributed by atoms with Crippen molar-refractivity contribution in [1.29, 1.82) is 0 Å². The molecule has 1 N–H and O–H groups in total. The largest absolute Gasteiger partial charge is 0.310 e. The van der Waals surface area contributed by atoms with Gasteiger partial charge in [0.05, 0.1) is 6.04 Å². The highest BCUT2D eigenvalue weighted by atomic mass is 16.1. The summed E-state index contributed by atoms with van der Waals surface area (Å²) in [5, 5.41) is 2.92. The first kappa shape index (κ1) is 11.6. The maximum Gasteiger partial charge on any atom is 0.216 e. The standard InChI is InChI=1S/C10H20NO/c1-3-4-5-6-7-8-10(9-12)11-2/h10-11H,3-8H2,1-2H3. The predicted molar refractivity (Wildman–Crippen MR) is 51.9 cm³/mol. The van der Waals surface area contributed by atoms with Gasteiger partial charge in [0.2, 0.25) is 6.29 Å². The molecule has 0 rings (SSSR count). The summed E-state index contributed by atoms with van der Waals surface area (Å²) in [5.41, 5.74) is 0. The van der Waals surface area contributed by atoms with Crippen LogP contribution in [0.1, 0.15) is 45.4 Å². The number of carbonyl (C=O) groups excluding carboxylic acids is 1. The van der Waals surface area contributed by atoms with E-state index in [1.54, 1.807) is 0 Å². The van der Waals surface area contributed by atoms with Crippen molar-refractivity contribution in [3.05, 3.63) is 0 Å². The summed E-state index contributed by atoms with van der Waals surface area (Å²) in [4.78, 5) is 10.3. The first-order valence-electron chi connectivity index (χ1n) is 4.90. The molecule has 0 spiro atoms. The minimum Gasteiger partial charge on any atom is -0.310 e. The van der Waals surface area contributed by atoms with Gasteiger partial charge in [-0.2, -0.15) is 0 Å². The van der Waals surface area contributed by atoms with E-state index in [1.807, 2.05) is 13.3 Å². The van der Waals surface area contributed by atoms with Crippen molar-refractivity contribution in [1.82, 2.24) is 5.32 Å². The van der Waals surface area contributed by atoms with Crippen LogP contribution in [0.2, 0.25) is 0 Å². The minimum absolute atomic E-state index is 0.0494. The number of unbranched alkanes of at least 4 members (excludes halogenated alkanes) is 4. The molecule has 0 aromatic heterocycles.